The maximum Gasteiger partial charge on any atom is 0.223 e. The molecule has 128 valence electrons. The number of carbonyl (C=O) groups excluding carboxylic acids is 1. The molecule has 0 bridgehead atoms. The average molecular weight is 344 g/mol. The summed E-state index contributed by atoms with van der Waals surface area (Å²) < 4.78 is 5.74. The fourth-order valence-corrected chi connectivity index (χ4v) is 3.75. The molecule has 3 rings (SSSR count). The quantitative estimate of drug-likeness (QED) is 0.902. The molecule has 0 radical (unpaired) electrons. The Morgan fingerprint density at radius 2 is 2.25 bits per heavy atom. The number of carbonyl (C=O) groups is 1. The summed E-state index contributed by atoms with van der Waals surface area (Å²) >= 11 is 1.70. The van der Waals surface area contributed by atoms with Crippen molar-refractivity contribution in [1.82, 2.24) is 10.3 Å². The van der Waals surface area contributed by atoms with Gasteiger partial charge in [-0.25, -0.2) is 4.98 Å². The van der Waals surface area contributed by atoms with Crippen LogP contribution in [0.25, 0.3) is 0 Å². The molecule has 0 fully saturated rings. The highest BCUT2D eigenvalue weighted by Crippen LogP contribution is 2.26. The fourth-order valence-electron chi connectivity index (χ4n) is 2.88. The smallest absolute Gasteiger partial charge is 0.223 e. The first-order valence-electron chi connectivity index (χ1n) is 8.56. The second-order valence-corrected chi connectivity index (χ2v) is 7.41. The predicted octanol–water partition coefficient (Wildman–Crippen LogP) is 3.57. The van der Waals surface area contributed by atoms with Crippen LogP contribution in [0.1, 0.15) is 42.5 Å². The van der Waals surface area contributed by atoms with E-state index in [2.05, 4.69) is 29.5 Å². The summed E-state index contributed by atoms with van der Waals surface area (Å²) in [6.45, 7) is 5.53. The van der Waals surface area contributed by atoms with Crippen LogP contribution in [0.5, 0.6) is 5.75 Å². The Kier molecular flexibility index (Phi) is 5.51. The summed E-state index contributed by atoms with van der Waals surface area (Å²) in [5.41, 5.74) is 2.19. The number of thiazole rings is 1. The first kappa shape index (κ1) is 17.0. The molecule has 1 N–H and O–H groups in total. The van der Waals surface area contributed by atoms with Gasteiger partial charge in [-0.3, -0.25) is 4.79 Å². The van der Waals surface area contributed by atoms with E-state index in [0.29, 0.717) is 19.1 Å². The number of nitrogens with one attached hydrogen (secondary N) is 1. The maximum atomic E-state index is 12.5. The molecular weight excluding hydrogens is 320 g/mol. The second kappa shape index (κ2) is 7.79. The summed E-state index contributed by atoms with van der Waals surface area (Å²) in [5, 5.41) is 6.32. The van der Waals surface area contributed by atoms with Gasteiger partial charge in [-0.2, -0.15) is 0 Å². The number of benzene rings is 1. The molecule has 4 nitrogen and oxygen atoms in total. The van der Waals surface area contributed by atoms with E-state index in [1.54, 1.807) is 11.3 Å². The van der Waals surface area contributed by atoms with Crippen molar-refractivity contribution in [1.29, 1.82) is 0 Å². The number of nitrogens with zero attached hydrogens (tertiary/aromatic N) is 1. The highest BCUT2D eigenvalue weighted by molar-refractivity contribution is 7.09. The minimum absolute atomic E-state index is 0.0182. The van der Waals surface area contributed by atoms with E-state index in [1.807, 2.05) is 24.3 Å². The molecule has 1 aliphatic heterocycles. The standard InChI is InChI=1S/C19H24N2O2S/c1-13(2)19-21-16(12-24-19)7-9-20-18(22)15-8-10-23-17-6-4-3-5-14(17)11-15/h3-6,12-13,15H,7-11H2,1-2H3,(H,20,22). The highest BCUT2D eigenvalue weighted by atomic mass is 32.1. The summed E-state index contributed by atoms with van der Waals surface area (Å²) in [6, 6.07) is 7.99. The van der Waals surface area contributed by atoms with Crippen molar-refractivity contribution in [2.75, 3.05) is 13.2 Å². The molecule has 0 saturated heterocycles. The zero-order valence-electron chi connectivity index (χ0n) is 14.2. The van der Waals surface area contributed by atoms with Crippen LogP contribution in [0.2, 0.25) is 0 Å². The number of hydrogen-bond acceptors (Lipinski definition) is 4. The van der Waals surface area contributed by atoms with E-state index < -0.39 is 0 Å². The Morgan fingerprint density at radius 1 is 1.42 bits per heavy atom. The van der Waals surface area contributed by atoms with Crippen molar-refractivity contribution in [3.05, 3.63) is 45.9 Å². The van der Waals surface area contributed by atoms with E-state index in [1.165, 1.54) is 0 Å². The van der Waals surface area contributed by atoms with Gasteiger partial charge in [0.25, 0.3) is 0 Å². The van der Waals surface area contributed by atoms with Crippen LogP contribution >= 0.6 is 11.3 Å². The van der Waals surface area contributed by atoms with Crippen LogP contribution in [0.15, 0.2) is 29.6 Å². The third-order valence-corrected chi connectivity index (χ3v) is 5.47. The highest BCUT2D eigenvalue weighted by Gasteiger charge is 2.23. The summed E-state index contributed by atoms with van der Waals surface area (Å²) in [5.74, 6) is 1.48. The lowest BCUT2D eigenvalue weighted by molar-refractivity contribution is -0.125. The molecular formula is C19H24N2O2S. The topological polar surface area (TPSA) is 51.2 Å². The SMILES string of the molecule is CC(C)c1nc(CCNC(=O)C2CCOc3ccccc3C2)cs1. The number of aromatic nitrogens is 1. The second-order valence-electron chi connectivity index (χ2n) is 6.52. The zero-order chi connectivity index (χ0) is 16.9. The van der Waals surface area contributed by atoms with Crippen molar-refractivity contribution in [2.24, 2.45) is 5.92 Å². The Hall–Kier alpha value is -1.88. The van der Waals surface area contributed by atoms with E-state index >= 15 is 0 Å². The molecule has 0 saturated carbocycles. The number of hydrogen-bond donors (Lipinski definition) is 1. The lowest BCUT2D eigenvalue weighted by Gasteiger charge is -2.13. The van der Waals surface area contributed by atoms with Crippen molar-refractivity contribution in [3.63, 3.8) is 0 Å². The number of ether oxygens (including phenoxy) is 1. The Balaban J connectivity index is 1.51. The van der Waals surface area contributed by atoms with Crippen molar-refractivity contribution in [2.45, 2.75) is 39.0 Å². The molecule has 2 aromatic rings. The van der Waals surface area contributed by atoms with Crippen LogP contribution in [0.3, 0.4) is 0 Å². The molecule has 1 atom stereocenters. The molecule has 1 aliphatic rings. The predicted molar refractivity (Wildman–Crippen MR) is 96.7 cm³/mol. The third-order valence-electron chi connectivity index (χ3n) is 4.28. The largest absolute Gasteiger partial charge is 0.493 e. The normalized spacial score (nSPS) is 17.0. The van der Waals surface area contributed by atoms with Gasteiger partial charge in [0, 0.05) is 30.2 Å². The minimum atomic E-state index is -0.0182. The number of rotatable bonds is 5. The van der Waals surface area contributed by atoms with Gasteiger partial charge in [0.1, 0.15) is 5.75 Å². The van der Waals surface area contributed by atoms with Crippen LogP contribution in [0.4, 0.5) is 0 Å². The van der Waals surface area contributed by atoms with E-state index in [4.69, 9.17) is 4.74 Å². The van der Waals surface area contributed by atoms with Crippen molar-refractivity contribution >= 4 is 17.2 Å². The maximum absolute atomic E-state index is 12.5. The lowest BCUT2D eigenvalue weighted by atomic mass is 9.96. The van der Waals surface area contributed by atoms with Gasteiger partial charge < -0.3 is 10.1 Å². The molecule has 24 heavy (non-hydrogen) atoms. The van der Waals surface area contributed by atoms with Gasteiger partial charge in [0.15, 0.2) is 0 Å². The van der Waals surface area contributed by atoms with Gasteiger partial charge in [0.2, 0.25) is 5.91 Å². The van der Waals surface area contributed by atoms with Gasteiger partial charge in [-0.15, -0.1) is 11.3 Å². The van der Waals surface area contributed by atoms with Gasteiger partial charge in [0.05, 0.1) is 17.3 Å². The molecule has 0 aliphatic carbocycles. The first-order valence-corrected chi connectivity index (χ1v) is 9.44. The van der Waals surface area contributed by atoms with Gasteiger partial charge in [-0.1, -0.05) is 32.0 Å². The molecule has 1 aromatic carbocycles. The van der Waals surface area contributed by atoms with Gasteiger partial charge >= 0.3 is 0 Å². The lowest BCUT2D eigenvalue weighted by Crippen LogP contribution is -2.33. The van der Waals surface area contributed by atoms with Crippen LogP contribution in [0, 0.1) is 5.92 Å². The summed E-state index contributed by atoms with van der Waals surface area (Å²) in [4.78, 5) is 17.1. The average Bonchev–Trinajstić information content (AvgIpc) is 2.93. The first-order chi connectivity index (χ1) is 11.6. The van der Waals surface area contributed by atoms with E-state index in [-0.39, 0.29) is 11.8 Å². The number of para-hydroxylation sites is 1. The molecule has 1 aromatic heterocycles. The number of amides is 1. The molecule has 1 unspecified atom stereocenters. The fraction of sp³-hybridized carbons (Fsp3) is 0.474. The Labute approximate surface area is 147 Å². The zero-order valence-corrected chi connectivity index (χ0v) is 15.1. The molecule has 2 heterocycles. The van der Waals surface area contributed by atoms with E-state index in [9.17, 15) is 4.79 Å². The van der Waals surface area contributed by atoms with Gasteiger partial charge in [-0.05, 0) is 24.5 Å². The minimum Gasteiger partial charge on any atom is -0.493 e. The molecule has 1 amide bonds. The van der Waals surface area contributed by atoms with E-state index in [0.717, 1.165) is 41.3 Å². The summed E-state index contributed by atoms with van der Waals surface area (Å²) in [6.07, 6.45) is 2.29. The molecule has 5 heteroatoms. The number of fused-ring (bicyclic) bond motifs is 1. The third kappa shape index (κ3) is 4.15. The van der Waals surface area contributed by atoms with Crippen LogP contribution in [-0.2, 0) is 17.6 Å². The summed E-state index contributed by atoms with van der Waals surface area (Å²) in [7, 11) is 0. The van der Waals surface area contributed by atoms with Crippen LogP contribution in [-0.4, -0.2) is 24.0 Å². The molecule has 0 spiro atoms. The van der Waals surface area contributed by atoms with Crippen molar-refractivity contribution < 1.29 is 9.53 Å². The Bertz CT molecular complexity index is 696. The Morgan fingerprint density at radius 3 is 3.04 bits per heavy atom. The monoisotopic (exact) mass is 344 g/mol. The van der Waals surface area contributed by atoms with Crippen molar-refractivity contribution in [3.8, 4) is 5.75 Å². The van der Waals surface area contributed by atoms with Crippen LogP contribution < -0.4 is 10.1 Å².